The van der Waals surface area contributed by atoms with Crippen molar-refractivity contribution in [2.24, 2.45) is 5.92 Å². The Hall–Kier alpha value is -2.11. The molecule has 29 heavy (non-hydrogen) atoms. The lowest BCUT2D eigenvalue weighted by Crippen LogP contribution is -2.47. The standard InChI is InChI=1S/C17H27N5O3S.CH2O2/c1-2-3-14-19-20-17(26-14)22-11-12(10-15(22)24)16(25)18-13-4-6-21(7-5-13)8-9-23;2-1-3/h12-13,23H,2-11H2,1H3,(H,18,25);1H,(H,2,3). The Kier molecular flexibility index (Phi) is 9.42. The molecule has 2 saturated heterocycles. The highest BCUT2D eigenvalue weighted by molar-refractivity contribution is 7.15. The van der Waals surface area contributed by atoms with E-state index < -0.39 is 0 Å². The van der Waals surface area contributed by atoms with Gasteiger partial charge in [0.25, 0.3) is 6.47 Å². The molecule has 2 amide bonds. The lowest BCUT2D eigenvalue weighted by atomic mass is 10.0. The Bertz CT molecular complexity index is 677. The first kappa shape index (κ1) is 23.2. The monoisotopic (exact) mass is 427 g/mol. The Balaban J connectivity index is 0.000000941. The van der Waals surface area contributed by atoms with Crippen molar-refractivity contribution in [1.82, 2.24) is 20.4 Å². The maximum Gasteiger partial charge on any atom is 0.290 e. The summed E-state index contributed by atoms with van der Waals surface area (Å²) in [6.07, 6.45) is 3.85. The van der Waals surface area contributed by atoms with Gasteiger partial charge >= 0.3 is 0 Å². The van der Waals surface area contributed by atoms with Crippen LogP contribution in [0, 0.1) is 5.92 Å². The number of nitrogens with zero attached hydrogens (tertiary/aromatic N) is 4. The third-order valence-electron chi connectivity index (χ3n) is 5.00. The van der Waals surface area contributed by atoms with Gasteiger partial charge in [-0.05, 0) is 19.3 Å². The molecule has 1 aromatic heterocycles. The van der Waals surface area contributed by atoms with E-state index in [1.165, 1.54) is 11.3 Å². The number of aliphatic hydroxyl groups excluding tert-OH is 1. The van der Waals surface area contributed by atoms with Crippen molar-refractivity contribution in [3.63, 3.8) is 0 Å². The molecule has 3 N–H and O–H groups in total. The number of piperidine rings is 1. The average molecular weight is 428 g/mol. The van der Waals surface area contributed by atoms with Gasteiger partial charge in [0.15, 0.2) is 0 Å². The molecule has 1 atom stereocenters. The maximum atomic E-state index is 12.6. The van der Waals surface area contributed by atoms with Crippen LogP contribution in [0.3, 0.4) is 0 Å². The third kappa shape index (κ3) is 6.72. The van der Waals surface area contributed by atoms with E-state index in [0.29, 0.717) is 18.2 Å². The van der Waals surface area contributed by atoms with E-state index in [0.717, 1.165) is 43.8 Å². The van der Waals surface area contributed by atoms with Crippen molar-refractivity contribution in [2.45, 2.75) is 45.1 Å². The summed E-state index contributed by atoms with van der Waals surface area (Å²) in [5.41, 5.74) is 0. The highest BCUT2D eigenvalue weighted by Gasteiger charge is 2.37. The number of aliphatic hydroxyl groups is 1. The molecule has 2 aliphatic rings. The van der Waals surface area contributed by atoms with Crippen LogP contribution >= 0.6 is 11.3 Å². The van der Waals surface area contributed by atoms with Crippen molar-refractivity contribution in [2.75, 3.05) is 37.7 Å². The van der Waals surface area contributed by atoms with Gasteiger partial charge in [-0.25, -0.2) is 0 Å². The van der Waals surface area contributed by atoms with Crippen LogP contribution < -0.4 is 10.2 Å². The van der Waals surface area contributed by atoms with E-state index in [4.69, 9.17) is 15.0 Å². The molecule has 10 nitrogen and oxygen atoms in total. The fourth-order valence-electron chi connectivity index (χ4n) is 3.50. The van der Waals surface area contributed by atoms with Crippen LogP contribution in [0.15, 0.2) is 0 Å². The lowest BCUT2D eigenvalue weighted by molar-refractivity contribution is -0.127. The van der Waals surface area contributed by atoms with Crippen LogP contribution in [0.4, 0.5) is 5.13 Å². The predicted octanol–water partition coefficient (Wildman–Crippen LogP) is 0.117. The molecule has 2 aliphatic heterocycles. The minimum absolute atomic E-state index is 0.0419. The van der Waals surface area contributed by atoms with Gasteiger partial charge in [0, 0.05) is 45.1 Å². The van der Waals surface area contributed by atoms with E-state index in [1.54, 1.807) is 4.90 Å². The van der Waals surface area contributed by atoms with Gasteiger partial charge in [-0.3, -0.25) is 19.3 Å². The number of likely N-dealkylation sites (tertiary alicyclic amines) is 1. The topological polar surface area (TPSA) is 136 Å². The summed E-state index contributed by atoms with van der Waals surface area (Å²) in [5, 5.41) is 28.8. The van der Waals surface area contributed by atoms with Crippen LogP contribution in [0.25, 0.3) is 0 Å². The second kappa shape index (κ2) is 11.8. The summed E-state index contributed by atoms with van der Waals surface area (Å²) in [6, 6.07) is 0.152. The van der Waals surface area contributed by atoms with Crippen LogP contribution in [-0.2, 0) is 20.8 Å². The van der Waals surface area contributed by atoms with E-state index in [2.05, 4.69) is 27.3 Å². The molecule has 0 saturated carbocycles. The number of hydrogen-bond acceptors (Lipinski definition) is 8. The predicted molar refractivity (Wildman–Crippen MR) is 108 cm³/mol. The molecule has 11 heteroatoms. The number of anilines is 1. The van der Waals surface area contributed by atoms with Crippen LogP contribution in [-0.4, -0.2) is 82.4 Å². The average Bonchev–Trinajstić information content (AvgIpc) is 3.31. The van der Waals surface area contributed by atoms with E-state index >= 15 is 0 Å². The van der Waals surface area contributed by atoms with Crippen molar-refractivity contribution >= 4 is 34.8 Å². The van der Waals surface area contributed by atoms with Gasteiger partial charge in [0.2, 0.25) is 16.9 Å². The molecular formula is C18H29N5O5S. The van der Waals surface area contributed by atoms with Crippen molar-refractivity contribution < 1.29 is 24.6 Å². The fourth-order valence-corrected chi connectivity index (χ4v) is 4.46. The first-order valence-corrected chi connectivity index (χ1v) is 10.7. The van der Waals surface area contributed by atoms with Crippen molar-refractivity contribution in [3.8, 4) is 0 Å². The van der Waals surface area contributed by atoms with E-state index in [1.807, 2.05) is 0 Å². The number of β-amino-alcohol motifs (C(OH)–C–C–N with tert-alkyl or cyclic N) is 1. The molecule has 3 rings (SSSR count). The highest BCUT2D eigenvalue weighted by Crippen LogP contribution is 2.28. The summed E-state index contributed by atoms with van der Waals surface area (Å²) < 4.78 is 0. The molecule has 0 bridgehead atoms. The van der Waals surface area contributed by atoms with Crippen molar-refractivity contribution in [1.29, 1.82) is 0 Å². The number of carbonyl (C=O) groups excluding carboxylic acids is 2. The summed E-state index contributed by atoms with van der Waals surface area (Å²) in [6.45, 7) is 4.83. The summed E-state index contributed by atoms with van der Waals surface area (Å²) in [4.78, 5) is 37.1. The first-order chi connectivity index (χ1) is 14.0. The number of aryl methyl sites for hydroxylation is 1. The van der Waals surface area contributed by atoms with Crippen LogP contribution in [0.5, 0.6) is 0 Å². The second-order valence-electron chi connectivity index (χ2n) is 7.09. The normalized spacial score (nSPS) is 20.3. The Morgan fingerprint density at radius 2 is 2.03 bits per heavy atom. The van der Waals surface area contributed by atoms with E-state index in [9.17, 15) is 9.59 Å². The lowest BCUT2D eigenvalue weighted by Gasteiger charge is -2.32. The molecule has 0 aliphatic carbocycles. The summed E-state index contributed by atoms with van der Waals surface area (Å²) in [5.74, 6) is -0.418. The molecular weight excluding hydrogens is 398 g/mol. The molecule has 0 aromatic carbocycles. The van der Waals surface area contributed by atoms with E-state index in [-0.39, 0.29) is 43.3 Å². The van der Waals surface area contributed by atoms with Gasteiger partial charge in [-0.2, -0.15) is 0 Å². The number of carbonyl (C=O) groups is 3. The smallest absolute Gasteiger partial charge is 0.290 e. The molecule has 3 heterocycles. The maximum absolute atomic E-state index is 12.6. The zero-order valence-electron chi connectivity index (χ0n) is 16.6. The molecule has 162 valence electrons. The largest absolute Gasteiger partial charge is 0.483 e. The summed E-state index contributed by atoms with van der Waals surface area (Å²) >= 11 is 1.44. The third-order valence-corrected chi connectivity index (χ3v) is 6.00. The quantitative estimate of drug-likeness (QED) is 0.522. The number of aromatic nitrogens is 2. The number of rotatable bonds is 7. The molecule has 0 radical (unpaired) electrons. The van der Waals surface area contributed by atoms with Crippen LogP contribution in [0.2, 0.25) is 0 Å². The van der Waals surface area contributed by atoms with Gasteiger partial charge in [0.1, 0.15) is 5.01 Å². The Morgan fingerprint density at radius 1 is 1.34 bits per heavy atom. The van der Waals surface area contributed by atoms with Gasteiger partial charge in [-0.1, -0.05) is 18.3 Å². The summed E-state index contributed by atoms with van der Waals surface area (Å²) in [7, 11) is 0. The molecule has 1 aromatic rings. The van der Waals surface area contributed by atoms with Crippen LogP contribution in [0.1, 0.15) is 37.6 Å². The van der Waals surface area contributed by atoms with Gasteiger partial charge in [-0.15, -0.1) is 10.2 Å². The number of hydrogen-bond donors (Lipinski definition) is 3. The zero-order valence-corrected chi connectivity index (χ0v) is 17.4. The molecule has 0 spiro atoms. The highest BCUT2D eigenvalue weighted by atomic mass is 32.1. The SMILES string of the molecule is CCCc1nnc(N2CC(C(=O)NC3CCN(CCO)CC3)CC2=O)s1.O=CO. The minimum atomic E-state index is -0.323. The van der Waals surface area contributed by atoms with Gasteiger partial charge in [0.05, 0.1) is 12.5 Å². The van der Waals surface area contributed by atoms with Gasteiger partial charge < -0.3 is 20.4 Å². The first-order valence-electron chi connectivity index (χ1n) is 9.86. The molecule has 1 unspecified atom stereocenters. The number of nitrogens with one attached hydrogen (secondary N) is 1. The second-order valence-corrected chi connectivity index (χ2v) is 8.13. The number of carboxylic acid groups (broad SMARTS) is 1. The number of amides is 2. The molecule has 2 fully saturated rings. The van der Waals surface area contributed by atoms with Crippen molar-refractivity contribution in [3.05, 3.63) is 5.01 Å². The fraction of sp³-hybridized carbons (Fsp3) is 0.722. The minimum Gasteiger partial charge on any atom is -0.483 e. The Morgan fingerprint density at radius 3 is 2.66 bits per heavy atom. The Labute approximate surface area is 173 Å². The zero-order chi connectivity index (χ0) is 21.2.